The standard InChI is InChI=1S/C9H16N4O2/c10-9-6-13(12-11-9)3-1-4-15-8-2-5-14-7-8/h6,8H,1-5,7,10H2. The van der Waals surface area contributed by atoms with Crippen LogP contribution in [0.4, 0.5) is 5.82 Å². The van der Waals surface area contributed by atoms with Gasteiger partial charge in [0.05, 0.1) is 18.9 Å². The van der Waals surface area contributed by atoms with Gasteiger partial charge < -0.3 is 15.2 Å². The Labute approximate surface area is 88.3 Å². The number of nitrogens with zero attached hydrogens (tertiary/aromatic N) is 3. The fourth-order valence-electron chi connectivity index (χ4n) is 1.54. The van der Waals surface area contributed by atoms with E-state index in [-0.39, 0.29) is 6.10 Å². The Hall–Kier alpha value is -1.14. The molecular formula is C9H16N4O2. The molecule has 0 amide bonds. The lowest BCUT2D eigenvalue weighted by Gasteiger charge is -2.08. The highest BCUT2D eigenvalue weighted by atomic mass is 16.5. The normalized spacial score (nSPS) is 20.9. The topological polar surface area (TPSA) is 75.2 Å². The van der Waals surface area contributed by atoms with Crippen LogP contribution in [-0.4, -0.2) is 40.9 Å². The number of hydrogen-bond acceptors (Lipinski definition) is 5. The molecule has 0 aromatic carbocycles. The second-order valence-corrected chi connectivity index (χ2v) is 3.62. The Bertz CT molecular complexity index is 296. The smallest absolute Gasteiger partial charge is 0.165 e. The van der Waals surface area contributed by atoms with E-state index in [9.17, 15) is 0 Å². The number of anilines is 1. The first-order valence-corrected chi connectivity index (χ1v) is 5.19. The molecule has 1 aliphatic heterocycles. The summed E-state index contributed by atoms with van der Waals surface area (Å²) in [6, 6.07) is 0. The summed E-state index contributed by atoms with van der Waals surface area (Å²) < 4.78 is 12.5. The van der Waals surface area contributed by atoms with Crippen molar-refractivity contribution >= 4 is 5.82 Å². The Morgan fingerprint density at radius 2 is 2.60 bits per heavy atom. The van der Waals surface area contributed by atoms with Crippen molar-refractivity contribution in [1.29, 1.82) is 0 Å². The highest BCUT2D eigenvalue weighted by Crippen LogP contribution is 2.08. The summed E-state index contributed by atoms with van der Waals surface area (Å²) in [6.07, 6.45) is 3.93. The molecule has 1 saturated heterocycles. The maximum Gasteiger partial charge on any atom is 0.165 e. The number of aryl methyl sites for hydroxylation is 1. The number of rotatable bonds is 5. The Balaban J connectivity index is 1.58. The van der Waals surface area contributed by atoms with Crippen LogP contribution < -0.4 is 5.73 Å². The molecule has 6 heteroatoms. The molecule has 6 nitrogen and oxygen atoms in total. The predicted molar refractivity (Wildman–Crippen MR) is 54.2 cm³/mol. The van der Waals surface area contributed by atoms with E-state index in [1.807, 2.05) is 0 Å². The SMILES string of the molecule is Nc1cn(CCCOC2CCOC2)nn1. The fraction of sp³-hybridized carbons (Fsp3) is 0.778. The summed E-state index contributed by atoms with van der Waals surface area (Å²) in [5.41, 5.74) is 5.44. The molecule has 84 valence electrons. The van der Waals surface area contributed by atoms with Gasteiger partial charge in [-0.05, 0) is 12.8 Å². The second kappa shape index (κ2) is 5.09. The summed E-state index contributed by atoms with van der Waals surface area (Å²) in [5, 5.41) is 7.55. The van der Waals surface area contributed by atoms with Crippen molar-refractivity contribution in [2.75, 3.05) is 25.6 Å². The molecule has 0 aliphatic carbocycles. The van der Waals surface area contributed by atoms with Gasteiger partial charge in [0, 0.05) is 19.8 Å². The summed E-state index contributed by atoms with van der Waals surface area (Å²) in [7, 11) is 0. The molecule has 0 bridgehead atoms. The van der Waals surface area contributed by atoms with E-state index < -0.39 is 0 Å². The quantitative estimate of drug-likeness (QED) is 0.698. The van der Waals surface area contributed by atoms with Crippen LogP contribution in [0.1, 0.15) is 12.8 Å². The average molecular weight is 212 g/mol. The highest BCUT2D eigenvalue weighted by molar-refractivity contribution is 5.19. The molecule has 15 heavy (non-hydrogen) atoms. The first-order valence-electron chi connectivity index (χ1n) is 5.19. The maximum absolute atomic E-state index is 5.61. The van der Waals surface area contributed by atoms with E-state index >= 15 is 0 Å². The molecule has 2 N–H and O–H groups in total. The second-order valence-electron chi connectivity index (χ2n) is 3.62. The van der Waals surface area contributed by atoms with Gasteiger partial charge in [-0.15, -0.1) is 5.10 Å². The van der Waals surface area contributed by atoms with Crippen molar-refractivity contribution in [3.05, 3.63) is 6.20 Å². The number of aromatic nitrogens is 3. The van der Waals surface area contributed by atoms with Crippen LogP contribution in [0.2, 0.25) is 0 Å². The van der Waals surface area contributed by atoms with E-state index in [1.54, 1.807) is 10.9 Å². The van der Waals surface area contributed by atoms with Crippen LogP contribution in [-0.2, 0) is 16.0 Å². The maximum atomic E-state index is 5.61. The lowest BCUT2D eigenvalue weighted by molar-refractivity contribution is 0.0396. The van der Waals surface area contributed by atoms with Gasteiger partial charge in [0.2, 0.25) is 0 Å². The molecule has 1 atom stereocenters. The van der Waals surface area contributed by atoms with E-state index in [2.05, 4.69) is 10.3 Å². The summed E-state index contributed by atoms with van der Waals surface area (Å²) >= 11 is 0. The molecule has 2 rings (SSSR count). The monoisotopic (exact) mass is 212 g/mol. The van der Waals surface area contributed by atoms with Gasteiger partial charge in [0.15, 0.2) is 5.82 Å². The lowest BCUT2D eigenvalue weighted by atomic mass is 10.3. The molecule has 1 unspecified atom stereocenters. The fourth-order valence-corrected chi connectivity index (χ4v) is 1.54. The van der Waals surface area contributed by atoms with E-state index in [1.165, 1.54) is 0 Å². The van der Waals surface area contributed by atoms with Crippen LogP contribution in [0, 0.1) is 0 Å². The van der Waals surface area contributed by atoms with E-state index in [0.717, 1.165) is 39.2 Å². The van der Waals surface area contributed by atoms with Gasteiger partial charge in [0.25, 0.3) is 0 Å². The van der Waals surface area contributed by atoms with Gasteiger partial charge in [-0.3, -0.25) is 4.68 Å². The summed E-state index contributed by atoms with van der Waals surface area (Å²) in [4.78, 5) is 0. The van der Waals surface area contributed by atoms with Crippen molar-refractivity contribution in [3.63, 3.8) is 0 Å². The molecule has 1 aromatic heterocycles. The molecular weight excluding hydrogens is 196 g/mol. The molecule has 1 aromatic rings. The van der Waals surface area contributed by atoms with Gasteiger partial charge in [-0.2, -0.15) is 0 Å². The van der Waals surface area contributed by atoms with Crippen LogP contribution in [0.25, 0.3) is 0 Å². The van der Waals surface area contributed by atoms with Gasteiger partial charge >= 0.3 is 0 Å². The zero-order valence-electron chi connectivity index (χ0n) is 8.63. The van der Waals surface area contributed by atoms with Crippen LogP contribution in [0.5, 0.6) is 0 Å². The minimum Gasteiger partial charge on any atom is -0.381 e. The zero-order valence-corrected chi connectivity index (χ0v) is 8.63. The number of nitrogens with two attached hydrogens (primary N) is 1. The largest absolute Gasteiger partial charge is 0.381 e. The Morgan fingerprint density at radius 1 is 1.67 bits per heavy atom. The molecule has 1 aliphatic rings. The molecule has 0 saturated carbocycles. The van der Waals surface area contributed by atoms with Crippen LogP contribution >= 0.6 is 0 Å². The lowest BCUT2D eigenvalue weighted by Crippen LogP contribution is -2.14. The minimum absolute atomic E-state index is 0.283. The molecule has 0 radical (unpaired) electrons. The van der Waals surface area contributed by atoms with Crippen LogP contribution in [0.3, 0.4) is 0 Å². The van der Waals surface area contributed by atoms with Crippen molar-refractivity contribution in [1.82, 2.24) is 15.0 Å². The molecule has 0 spiro atoms. The third-order valence-corrected chi connectivity index (χ3v) is 2.33. The third kappa shape index (κ3) is 3.17. The Morgan fingerprint density at radius 3 is 3.27 bits per heavy atom. The van der Waals surface area contributed by atoms with E-state index in [0.29, 0.717) is 5.82 Å². The molecule has 2 heterocycles. The van der Waals surface area contributed by atoms with Crippen molar-refractivity contribution in [2.45, 2.75) is 25.5 Å². The first kappa shape index (κ1) is 10.4. The van der Waals surface area contributed by atoms with Gasteiger partial charge in [-0.25, -0.2) is 0 Å². The highest BCUT2D eigenvalue weighted by Gasteiger charge is 2.15. The van der Waals surface area contributed by atoms with Crippen molar-refractivity contribution in [3.8, 4) is 0 Å². The third-order valence-electron chi connectivity index (χ3n) is 2.33. The summed E-state index contributed by atoms with van der Waals surface area (Å²) in [6.45, 7) is 3.08. The average Bonchev–Trinajstić information content (AvgIpc) is 2.84. The number of hydrogen-bond donors (Lipinski definition) is 1. The molecule has 1 fully saturated rings. The van der Waals surface area contributed by atoms with Crippen LogP contribution in [0.15, 0.2) is 6.20 Å². The first-order chi connectivity index (χ1) is 7.34. The van der Waals surface area contributed by atoms with Crippen molar-refractivity contribution < 1.29 is 9.47 Å². The van der Waals surface area contributed by atoms with Crippen molar-refractivity contribution in [2.24, 2.45) is 0 Å². The number of nitrogen functional groups attached to an aromatic ring is 1. The minimum atomic E-state index is 0.283. The van der Waals surface area contributed by atoms with E-state index in [4.69, 9.17) is 15.2 Å². The Kier molecular flexibility index (Phi) is 3.52. The van der Waals surface area contributed by atoms with Gasteiger partial charge in [-0.1, -0.05) is 5.21 Å². The predicted octanol–water partition coefficient (Wildman–Crippen LogP) is 0.0559. The van der Waals surface area contributed by atoms with Gasteiger partial charge in [0.1, 0.15) is 0 Å². The summed E-state index contributed by atoms with van der Waals surface area (Å²) in [5.74, 6) is 0.458. The zero-order chi connectivity index (χ0) is 10.5. The number of ether oxygens (including phenoxy) is 2.